The van der Waals surface area contributed by atoms with Crippen LogP contribution in [0, 0.1) is 18.3 Å². The average Bonchev–Trinajstić information content (AvgIpc) is 2.17. The quantitative estimate of drug-likeness (QED) is 0.865. The Morgan fingerprint density at radius 2 is 2.19 bits per heavy atom. The first-order valence-electron chi connectivity index (χ1n) is 4.91. The molecule has 0 spiro atoms. The Balaban J connectivity index is 2.91. The number of nitrogens with zero attached hydrogens (tertiary/aromatic N) is 1. The predicted octanol–water partition coefficient (Wildman–Crippen LogP) is 1.58. The Morgan fingerprint density at radius 3 is 2.75 bits per heavy atom. The van der Waals surface area contributed by atoms with Gasteiger partial charge in [0.2, 0.25) is 10.0 Å². The maximum absolute atomic E-state index is 11.8. The summed E-state index contributed by atoms with van der Waals surface area (Å²) in [5.41, 5.74) is 0.885. The van der Waals surface area contributed by atoms with E-state index in [9.17, 15) is 8.42 Å². The van der Waals surface area contributed by atoms with Crippen LogP contribution in [-0.2, 0) is 10.0 Å². The topological polar surface area (TPSA) is 70.0 Å². The van der Waals surface area contributed by atoms with Crippen molar-refractivity contribution >= 4 is 10.0 Å². The van der Waals surface area contributed by atoms with Gasteiger partial charge in [0.15, 0.2) is 0 Å². The van der Waals surface area contributed by atoms with Gasteiger partial charge in [0.25, 0.3) is 0 Å². The molecule has 16 heavy (non-hydrogen) atoms. The van der Waals surface area contributed by atoms with Gasteiger partial charge in [-0.3, -0.25) is 0 Å². The fourth-order valence-electron chi connectivity index (χ4n) is 1.29. The highest BCUT2D eigenvalue weighted by Crippen LogP contribution is 2.11. The second-order valence-electron chi connectivity index (χ2n) is 3.70. The number of aryl methyl sites for hydroxylation is 1. The molecule has 0 aromatic heterocycles. The Labute approximate surface area is 96.0 Å². The first-order valence-corrected chi connectivity index (χ1v) is 6.40. The van der Waals surface area contributed by atoms with Gasteiger partial charge in [-0.05, 0) is 31.5 Å². The zero-order chi connectivity index (χ0) is 12.2. The van der Waals surface area contributed by atoms with E-state index in [1.165, 1.54) is 6.07 Å². The third-order valence-corrected chi connectivity index (χ3v) is 3.64. The summed E-state index contributed by atoms with van der Waals surface area (Å²) in [6.07, 6.45) is 0.158. The Morgan fingerprint density at radius 1 is 1.50 bits per heavy atom. The summed E-state index contributed by atoms with van der Waals surface area (Å²) in [6, 6.07) is 8.21. The van der Waals surface area contributed by atoms with Gasteiger partial charge in [-0.2, -0.15) is 5.26 Å². The highest BCUT2D eigenvalue weighted by Gasteiger charge is 2.16. The molecule has 0 bridgehead atoms. The first-order chi connectivity index (χ1) is 7.45. The molecule has 1 aromatic carbocycles. The molecular formula is C11H14N2O2S. The van der Waals surface area contributed by atoms with Crippen LogP contribution in [0.25, 0.3) is 0 Å². The van der Waals surface area contributed by atoms with Gasteiger partial charge in [0, 0.05) is 6.04 Å². The molecule has 5 heteroatoms. The number of hydrogen-bond acceptors (Lipinski definition) is 3. The van der Waals surface area contributed by atoms with Crippen LogP contribution in [0.1, 0.15) is 18.9 Å². The van der Waals surface area contributed by atoms with Crippen molar-refractivity contribution in [2.24, 2.45) is 0 Å². The second kappa shape index (κ2) is 5.10. The molecule has 0 amide bonds. The molecule has 1 N–H and O–H groups in total. The predicted molar refractivity (Wildman–Crippen MR) is 61.2 cm³/mol. The van der Waals surface area contributed by atoms with Gasteiger partial charge in [-0.25, -0.2) is 13.1 Å². The fraction of sp³-hybridized carbons (Fsp3) is 0.364. The van der Waals surface area contributed by atoms with Gasteiger partial charge in [-0.15, -0.1) is 0 Å². The van der Waals surface area contributed by atoms with Crippen LogP contribution in [0.15, 0.2) is 29.2 Å². The summed E-state index contributed by atoms with van der Waals surface area (Å²) in [7, 11) is -3.51. The van der Waals surface area contributed by atoms with Gasteiger partial charge in [0.05, 0.1) is 17.4 Å². The molecule has 0 radical (unpaired) electrons. The SMILES string of the molecule is Cc1cccc(S(=O)(=O)NC(C)CC#N)c1. The van der Waals surface area contributed by atoms with Crippen molar-refractivity contribution in [3.8, 4) is 6.07 Å². The van der Waals surface area contributed by atoms with E-state index in [1.807, 2.05) is 19.1 Å². The zero-order valence-corrected chi connectivity index (χ0v) is 10.1. The number of rotatable bonds is 4. The molecule has 1 aromatic rings. The summed E-state index contributed by atoms with van der Waals surface area (Å²) in [5.74, 6) is 0. The van der Waals surface area contributed by atoms with E-state index >= 15 is 0 Å². The van der Waals surface area contributed by atoms with E-state index in [2.05, 4.69) is 4.72 Å². The molecule has 0 aliphatic carbocycles. The molecule has 0 aliphatic rings. The van der Waals surface area contributed by atoms with Crippen molar-refractivity contribution in [3.63, 3.8) is 0 Å². The summed E-state index contributed by atoms with van der Waals surface area (Å²) >= 11 is 0. The number of sulfonamides is 1. The number of benzene rings is 1. The van der Waals surface area contributed by atoms with Gasteiger partial charge in [0.1, 0.15) is 0 Å². The molecule has 0 heterocycles. The van der Waals surface area contributed by atoms with Crippen LogP contribution in [-0.4, -0.2) is 14.5 Å². The van der Waals surface area contributed by atoms with Crippen molar-refractivity contribution in [1.82, 2.24) is 4.72 Å². The lowest BCUT2D eigenvalue weighted by Crippen LogP contribution is -2.32. The maximum Gasteiger partial charge on any atom is 0.240 e. The van der Waals surface area contributed by atoms with Crippen LogP contribution in [0.2, 0.25) is 0 Å². The molecule has 4 nitrogen and oxygen atoms in total. The van der Waals surface area contributed by atoms with Gasteiger partial charge >= 0.3 is 0 Å². The summed E-state index contributed by atoms with van der Waals surface area (Å²) in [4.78, 5) is 0.234. The van der Waals surface area contributed by atoms with E-state index in [0.717, 1.165) is 5.56 Å². The van der Waals surface area contributed by atoms with Crippen LogP contribution >= 0.6 is 0 Å². The minimum absolute atomic E-state index is 0.158. The van der Waals surface area contributed by atoms with Crippen LogP contribution in [0.3, 0.4) is 0 Å². The zero-order valence-electron chi connectivity index (χ0n) is 9.27. The molecule has 1 unspecified atom stereocenters. The molecule has 0 aliphatic heterocycles. The summed E-state index contributed by atoms with van der Waals surface area (Å²) < 4.78 is 26.1. The van der Waals surface area contributed by atoms with Gasteiger partial charge < -0.3 is 0 Å². The van der Waals surface area contributed by atoms with Crippen molar-refractivity contribution in [3.05, 3.63) is 29.8 Å². The Kier molecular flexibility index (Phi) is 4.05. The largest absolute Gasteiger partial charge is 0.240 e. The minimum Gasteiger partial charge on any atom is -0.207 e. The van der Waals surface area contributed by atoms with E-state index in [4.69, 9.17) is 5.26 Å². The average molecular weight is 238 g/mol. The molecule has 1 atom stereocenters. The number of hydrogen-bond donors (Lipinski definition) is 1. The maximum atomic E-state index is 11.8. The van der Waals surface area contributed by atoms with E-state index in [1.54, 1.807) is 19.1 Å². The lowest BCUT2D eigenvalue weighted by atomic mass is 10.2. The van der Waals surface area contributed by atoms with E-state index in [-0.39, 0.29) is 17.4 Å². The van der Waals surface area contributed by atoms with E-state index < -0.39 is 10.0 Å². The molecule has 86 valence electrons. The normalized spacial score (nSPS) is 13.1. The minimum atomic E-state index is -3.51. The van der Waals surface area contributed by atoms with Crippen LogP contribution < -0.4 is 4.72 Å². The number of nitriles is 1. The van der Waals surface area contributed by atoms with Crippen LogP contribution in [0.4, 0.5) is 0 Å². The molecule has 1 rings (SSSR count). The van der Waals surface area contributed by atoms with Crippen molar-refractivity contribution < 1.29 is 8.42 Å². The second-order valence-corrected chi connectivity index (χ2v) is 5.42. The lowest BCUT2D eigenvalue weighted by Gasteiger charge is -2.11. The monoisotopic (exact) mass is 238 g/mol. The third kappa shape index (κ3) is 3.33. The molecule has 0 saturated heterocycles. The summed E-state index contributed by atoms with van der Waals surface area (Å²) in [5, 5.41) is 8.46. The Hall–Kier alpha value is -1.38. The lowest BCUT2D eigenvalue weighted by molar-refractivity contribution is 0.563. The third-order valence-electron chi connectivity index (χ3n) is 2.05. The van der Waals surface area contributed by atoms with Crippen molar-refractivity contribution in [2.45, 2.75) is 31.2 Å². The van der Waals surface area contributed by atoms with Crippen molar-refractivity contribution in [1.29, 1.82) is 5.26 Å². The smallest absolute Gasteiger partial charge is 0.207 e. The Bertz CT molecular complexity index is 503. The summed E-state index contributed by atoms with van der Waals surface area (Å²) in [6.45, 7) is 3.49. The highest BCUT2D eigenvalue weighted by atomic mass is 32.2. The molecule has 0 saturated carbocycles. The fourth-order valence-corrected chi connectivity index (χ4v) is 2.64. The van der Waals surface area contributed by atoms with E-state index in [0.29, 0.717) is 0 Å². The van der Waals surface area contributed by atoms with Crippen molar-refractivity contribution in [2.75, 3.05) is 0 Å². The first kappa shape index (κ1) is 12.7. The standard InChI is InChI=1S/C11H14N2O2S/c1-9-4-3-5-11(8-9)16(14,15)13-10(2)6-7-12/h3-5,8,10,13H,6H2,1-2H3. The highest BCUT2D eigenvalue weighted by molar-refractivity contribution is 7.89. The van der Waals surface area contributed by atoms with Gasteiger partial charge in [-0.1, -0.05) is 12.1 Å². The molecule has 0 fully saturated rings. The van der Waals surface area contributed by atoms with Crippen LogP contribution in [0.5, 0.6) is 0 Å². The number of nitrogens with one attached hydrogen (secondary N) is 1. The molecular weight excluding hydrogens is 224 g/mol.